The first-order valence-electron chi connectivity index (χ1n) is 11.5. The molecule has 0 unspecified atom stereocenters. The molecule has 0 bridgehead atoms. The van der Waals surface area contributed by atoms with Crippen LogP contribution in [0.25, 0.3) is 0 Å². The number of carbonyl (C=O) groups is 2. The number of carboxylic acids is 1. The molecule has 0 saturated carbocycles. The van der Waals surface area contributed by atoms with Gasteiger partial charge < -0.3 is 55.5 Å². The first-order chi connectivity index (χ1) is 18.2. The van der Waals surface area contributed by atoms with Gasteiger partial charge in [0.1, 0.15) is 47.7 Å². The van der Waals surface area contributed by atoms with Crippen LogP contribution in [0.5, 0.6) is 0 Å². The van der Waals surface area contributed by atoms with Crippen molar-refractivity contribution in [2.24, 2.45) is 0 Å². The SMILES string of the molecule is CC(=O)N[C@]1(C)[C@H](O[C@@H]2[C@@H](Nc3c(F)c(F)c(F)c(F)c3C(=O)O)[C@@H](O)CO[C@@H]2CO)O[C@H](CO)[C@@H](O)[C@@H]1O. The van der Waals surface area contributed by atoms with Gasteiger partial charge in [0, 0.05) is 6.92 Å². The normalized spacial score (nSPS) is 34.9. The van der Waals surface area contributed by atoms with Crippen LogP contribution in [0.3, 0.4) is 0 Å². The lowest BCUT2D eigenvalue weighted by molar-refractivity contribution is -0.322. The van der Waals surface area contributed by atoms with Crippen molar-refractivity contribution in [1.29, 1.82) is 0 Å². The van der Waals surface area contributed by atoms with Crippen LogP contribution in [0, 0.1) is 23.3 Å². The monoisotopic (exact) mass is 572 g/mol. The number of halogens is 4. The van der Waals surface area contributed by atoms with E-state index in [0.717, 1.165) is 6.92 Å². The summed E-state index contributed by atoms with van der Waals surface area (Å²) in [5.41, 5.74) is -5.00. The molecule has 1 amide bonds. The number of carboxylic acid groups (broad SMARTS) is 1. The van der Waals surface area contributed by atoms with E-state index in [9.17, 15) is 57.8 Å². The van der Waals surface area contributed by atoms with Crippen molar-refractivity contribution >= 4 is 17.6 Å². The van der Waals surface area contributed by atoms with Crippen LogP contribution in [-0.4, -0.2) is 117 Å². The molecule has 13 nitrogen and oxygen atoms in total. The Hall–Kier alpha value is -2.64. The highest BCUT2D eigenvalue weighted by atomic mass is 19.2. The van der Waals surface area contributed by atoms with Crippen LogP contribution in [0.2, 0.25) is 0 Å². The third-order valence-electron chi connectivity index (χ3n) is 6.60. The summed E-state index contributed by atoms with van der Waals surface area (Å²) in [5.74, 6) is -12.1. The fraction of sp³-hybridized carbons (Fsp3) is 0.636. The number of nitrogens with one attached hydrogen (secondary N) is 2. The molecular weight excluding hydrogens is 544 g/mol. The van der Waals surface area contributed by atoms with Crippen LogP contribution in [0.15, 0.2) is 0 Å². The second-order valence-corrected chi connectivity index (χ2v) is 9.29. The van der Waals surface area contributed by atoms with Crippen molar-refractivity contribution in [1.82, 2.24) is 5.32 Å². The molecule has 9 atom stereocenters. The summed E-state index contributed by atoms with van der Waals surface area (Å²) in [6.45, 7) is -0.0433. The Balaban J connectivity index is 2.08. The number of benzene rings is 1. The molecule has 17 heteroatoms. The average molecular weight is 572 g/mol. The number of aliphatic hydroxyl groups is 5. The maximum absolute atomic E-state index is 14.7. The molecule has 39 heavy (non-hydrogen) atoms. The van der Waals surface area contributed by atoms with Crippen molar-refractivity contribution in [3.8, 4) is 0 Å². The minimum Gasteiger partial charge on any atom is -0.478 e. The van der Waals surface area contributed by atoms with Gasteiger partial charge >= 0.3 is 5.97 Å². The van der Waals surface area contributed by atoms with Gasteiger partial charge in [0.05, 0.1) is 31.5 Å². The number of aromatic carboxylic acids is 1. The number of aliphatic hydroxyl groups excluding tert-OH is 5. The topological polar surface area (TPSA) is 207 Å². The maximum Gasteiger partial charge on any atom is 0.341 e. The Morgan fingerprint density at radius 2 is 1.62 bits per heavy atom. The second kappa shape index (κ2) is 11.8. The molecule has 3 rings (SSSR count). The predicted molar refractivity (Wildman–Crippen MR) is 118 cm³/mol. The van der Waals surface area contributed by atoms with Gasteiger partial charge in [-0.05, 0) is 6.92 Å². The molecule has 0 aromatic heterocycles. The molecule has 0 aliphatic carbocycles. The third-order valence-corrected chi connectivity index (χ3v) is 6.60. The van der Waals surface area contributed by atoms with Crippen molar-refractivity contribution in [3.63, 3.8) is 0 Å². The fourth-order valence-electron chi connectivity index (χ4n) is 4.57. The van der Waals surface area contributed by atoms with E-state index in [2.05, 4.69) is 10.6 Å². The number of ether oxygens (including phenoxy) is 3. The average Bonchev–Trinajstić information content (AvgIpc) is 2.87. The van der Waals surface area contributed by atoms with Crippen LogP contribution in [-0.2, 0) is 19.0 Å². The molecule has 0 radical (unpaired) electrons. The zero-order valence-electron chi connectivity index (χ0n) is 20.5. The largest absolute Gasteiger partial charge is 0.478 e. The summed E-state index contributed by atoms with van der Waals surface area (Å²) in [6.07, 6.45) is -11.7. The summed E-state index contributed by atoms with van der Waals surface area (Å²) in [4.78, 5) is 23.5. The number of rotatable bonds is 8. The first-order valence-corrected chi connectivity index (χ1v) is 11.5. The quantitative estimate of drug-likeness (QED) is 0.0986. The van der Waals surface area contributed by atoms with Gasteiger partial charge in [0.25, 0.3) is 0 Å². The zero-order chi connectivity index (χ0) is 29.4. The van der Waals surface area contributed by atoms with Crippen LogP contribution in [0.1, 0.15) is 24.2 Å². The standard InChI is InChI=1S/C22H28F4N2O11/c1-6(31)28-22(2)19(34)17(33)8(3-29)38-21(22)39-18-9(4-30)37-5-7(32)15(18)27-16-10(20(35)36)11(23)12(24)13(25)14(16)26/h7-9,15,17-19,21,27,29-30,32-34H,3-5H2,1-2H3,(H,28,31)(H,35,36)/t7-,8+,9+,15-,17+,18-,19-,21-,22-/m0/s1. The molecule has 2 fully saturated rings. The highest BCUT2D eigenvalue weighted by molar-refractivity contribution is 5.95. The molecule has 0 spiro atoms. The van der Waals surface area contributed by atoms with Crippen molar-refractivity contribution in [3.05, 3.63) is 28.8 Å². The maximum atomic E-state index is 14.7. The van der Waals surface area contributed by atoms with E-state index >= 15 is 0 Å². The lowest BCUT2D eigenvalue weighted by Crippen LogP contribution is -2.73. The minimum atomic E-state index is -2.40. The van der Waals surface area contributed by atoms with Gasteiger partial charge in [-0.1, -0.05) is 0 Å². The van der Waals surface area contributed by atoms with E-state index in [4.69, 9.17) is 14.2 Å². The molecule has 1 aromatic carbocycles. The van der Waals surface area contributed by atoms with Crippen molar-refractivity contribution in [2.75, 3.05) is 25.1 Å². The summed E-state index contributed by atoms with van der Waals surface area (Å²) in [5, 5.41) is 64.9. The van der Waals surface area contributed by atoms with Gasteiger partial charge in [0.15, 0.2) is 29.6 Å². The summed E-state index contributed by atoms with van der Waals surface area (Å²) < 4.78 is 73.4. The van der Waals surface area contributed by atoms with E-state index < -0.39 is 121 Å². The first kappa shape index (κ1) is 30.9. The molecule has 2 heterocycles. The summed E-state index contributed by atoms with van der Waals surface area (Å²) >= 11 is 0. The zero-order valence-corrected chi connectivity index (χ0v) is 20.5. The fourth-order valence-corrected chi connectivity index (χ4v) is 4.57. The lowest BCUT2D eigenvalue weighted by Gasteiger charge is -2.51. The summed E-state index contributed by atoms with van der Waals surface area (Å²) in [6, 6.07) is -1.74. The Morgan fingerprint density at radius 1 is 1.03 bits per heavy atom. The highest BCUT2D eigenvalue weighted by Gasteiger charge is 2.56. The van der Waals surface area contributed by atoms with Gasteiger partial charge in [-0.2, -0.15) is 0 Å². The molecular formula is C22H28F4N2O11. The summed E-state index contributed by atoms with van der Waals surface area (Å²) in [7, 11) is 0. The van der Waals surface area contributed by atoms with E-state index in [-0.39, 0.29) is 0 Å². The second-order valence-electron chi connectivity index (χ2n) is 9.29. The van der Waals surface area contributed by atoms with Crippen LogP contribution >= 0.6 is 0 Å². The Kier molecular flexibility index (Phi) is 9.39. The van der Waals surface area contributed by atoms with E-state index in [1.165, 1.54) is 6.92 Å². The number of hydrogen-bond donors (Lipinski definition) is 8. The van der Waals surface area contributed by atoms with Crippen LogP contribution < -0.4 is 10.6 Å². The van der Waals surface area contributed by atoms with Gasteiger partial charge in [-0.3, -0.25) is 4.79 Å². The minimum absolute atomic E-state index is 0.589. The lowest BCUT2D eigenvalue weighted by atomic mass is 9.84. The van der Waals surface area contributed by atoms with Crippen LogP contribution in [0.4, 0.5) is 23.2 Å². The third kappa shape index (κ3) is 5.66. The van der Waals surface area contributed by atoms with E-state index in [0.29, 0.717) is 0 Å². The molecule has 8 N–H and O–H groups in total. The molecule has 220 valence electrons. The van der Waals surface area contributed by atoms with Crippen molar-refractivity contribution in [2.45, 2.75) is 68.3 Å². The van der Waals surface area contributed by atoms with E-state index in [1.54, 1.807) is 0 Å². The molecule has 2 saturated heterocycles. The Labute approximate surface area is 217 Å². The van der Waals surface area contributed by atoms with Crippen molar-refractivity contribution < 1.29 is 72.0 Å². The van der Waals surface area contributed by atoms with Gasteiger partial charge in [0.2, 0.25) is 5.91 Å². The van der Waals surface area contributed by atoms with Gasteiger partial charge in [-0.15, -0.1) is 0 Å². The molecule has 2 aliphatic rings. The Morgan fingerprint density at radius 3 is 2.15 bits per heavy atom. The number of hydrogen-bond acceptors (Lipinski definition) is 11. The number of anilines is 1. The highest BCUT2D eigenvalue weighted by Crippen LogP contribution is 2.36. The molecule has 1 aromatic rings. The predicted octanol–water partition coefficient (Wildman–Crippen LogP) is -1.81. The Bertz CT molecular complexity index is 1100. The van der Waals surface area contributed by atoms with E-state index in [1.807, 2.05) is 0 Å². The van der Waals surface area contributed by atoms with Gasteiger partial charge in [-0.25, -0.2) is 22.4 Å². The smallest absolute Gasteiger partial charge is 0.341 e. The number of amides is 1. The molecule has 2 aliphatic heterocycles. The number of carbonyl (C=O) groups excluding carboxylic acids is 1.